The van der Waals surface area contributed by atoms with Gasteiger partial charge in [-0.15, -0.1) is 0 Å². The van der Waals surface area contributed by atoms with Crippen LogP contribution in [-0.4, -0.2) is 21.9 Å². The van der Waals surface area contributed by atoms with Crippen molar-refractivity contribution < 1.29 is 19.6 Å². The van der Waals surface area contributed by atoms with Crippen LogP contribution in [0.5, 0.6) is 0 Å². The van der Waals surface area contributed by atoms with Crippen LogP contribution in [0.25, 0.3) is 0 Å². The van der Waals surface area contributed by atoms with E-state index in [4.69, 9.17) is 5.11 Å². The van der Waals surface area contributed by atoms with E-state index in [1.54, 1.807) is 0 Å². The number of carboxylic acid groups (broad SMARTS) is 1. The Hall–Kier alpha value is -1.96. The number of carbonyl (C=O) groups is 2. The van der Waals surface area contributed by atoms with E-state index in [1.807, 2.05) is 0 Å². The normalized spacial score (nSPS) is 9.95. The lowest BCUT2D eigenvalue weighted by Gasteiger charge is -2.05. The number of benzene rings is 1. The lowest BCUT2D eigenvalue weighted by atomic mass is 10.2. The molecule has 0 radical (unpaired) electrons. The van der Waals surface area contributed by atoms with Crippen LogP contribution < -0.4 is 5.32 Å². The van der Waals surface area contributed by atoms with Crippen molar-refractivity contribution in [3.8, 4) is 0 Å². The summed E-state index contributed by atoms with van der Waals surface area (Å²) in [5.41, 5.74) is 0.321. The number of carboxylic acids is 1. The van der Waals surface area contributed by atoms with Crippen LogP contribution in [0.4, 0.5) is 11.4 Å². The van der Waals surface area contributed by atoms with Crippen LogP contribution in [-0.2, 0) is 9.59 Å². The zero-order valence-corrected chi connectivity index (χ0v) is 11.3. The molecule has 0 spiro atoms. The molecule has 0 saturated carbocycles. The molecule has 0 atom stereocenters. The molecule has 0 saturated heterocycles. The number of rotatable bonds is 6. The third-order valence-corrected chi connectivity index (χ3v) is 2.86. The highest BCUT2D eigenvalue weighted by Gasteiger charge is 2.12. The van der Waals surface area contributed by atoms with Crippen molar-refractivity contribution in [3.63, 3.8) is 0 Å². The summed E-state index contributed by atoms with van der Waals surface area (Å²) in [4.78, 5) is 31.8. The predicted octanol–water partition coefficient (Wildman–Crippen LogP) is 2.55. The number of nitrogens with one attached hydrogen (secondary N) is 1. The van der Waals surface area contributed by atoms with E-state index in [2.05, 4.69) is 21.2 Å². The average Bonchev–Trinajstić information content (AvgIpc) is 2.27. The Labute approximate surface area is 116 Å². The van der Waals surface area contributed by atoms with Crippen LogP contribution in [0.3, 0.4) is 0 Å². The highest BCUT2D eigenvalue weighted by molar-refractivity contribution is 9.10. The number of halogens is 1. The molecule has 0 bridgehead atoms. The van der Waals surface area contributed by atoms with Gasteiger partial charge in [0.05, 0.1) is 9.40 Å². The minimum absolute atomic E-state index is 0.0720. The fourth-order valence-corrected chi connectivity index (χ4v) is 1.88. The van der Waals surface area contributed by atoms with E-state index in [9.17, 15) is 19.7 Å². The molecule has 0 aliphatic rings. The Balaban J connectivity index is 2.58. The van der Waals surface area contributed by atoms with Crippen molar-refractivity contribution >= 4 is 39.2 Å². The molecule has 0 unspecified atom stereocenters. The number of carbonyl (C=O) groups excluding carboxylic acids is 1. The second kappa shape index (κ2) is 6.83. The van der Waals surface area contributed by atoms with E-state index in [1.165, 1.54) is 18.2 Å². The number of anilines is 1. The van der Waals surface area contributed by atoms with E-state index in [0.717, 1.165) is 0 Å². The van der Waals surface area contributed by atoms with Gasteiger partial charge in [0, 0.05) is 24.6 Å². The number of amides is 1. The molecular weight excluding hydrogens is 320 g/mol. The maximum absolute atomic E-state index is 11.5. The fourth-order valence-electron chi connectivity index (χ4n) is 1.36. The van der Waals surface area contributed by atoms with E-state index in [0.29, 0.717) is 5.69 Å². The molecule has 0 fully saturated rings. The molecular formula is C11H11BrN2O5. The lowest BCUT2D eigenvalue weighted by Crippen LogP contribution is -2.12. The number of nitro groups is 1. The summed E-state index contributed by atoms with van der Waals surface area (Å²) >= 11 is 3.04. The molecule has 7 nitrogen and oxygen atoms in total. The SMILES string of the molecule is O=C(O)CCCC(=O)Nc1ccc([N+](=O)[O-])c(Br)c1. The predicted molar refractivity (Wildman–Crippen MR) is 70.9 cm³/mol. The maximum Gasteiger partial charge on any atom is 0.303 e. The van der Waals surface area contributed by atoms with E-state index >= 15 is 0 Å². The number of nitrogens with zero attached hydrogens (tertiary/aromatic N) is 1. The summed E-state index contributed by atoms with van der Waals surface area (Å²) in [5.74, 6) is -1.28. The van der Waals surface area contributed by atoms with Gasteiger partial charge in [0.15, 0.2) is 0 Å². The van der Waals surface area contributed by atoms with Gasteiger partial charge in [0.1, 0.15) is 0 Å². The first-order valence-corrected chi connectivity index (χ1v) is 6.15. The minimum Gasteiger partial charge on any atom is -0.481 e. The number of hydrogen-bond acceptors (Lipinski definition) is 4. The monoisotopic (exact) mass is 330 g/mol. The topological polar surface area (TPSA) is 110 Å². The van der Waals surface area contributed by atoms with E-state index < -0.39 is 10.9 Å². The molecule has 0 aromatic heterocycles. The third kappa shape index (κ3) is 5.04. The molecule has 2 N–H and O–H groups in total. The fraction of sp³-hybridized carbons (Fsp3) is 0.273. The minimum atomic E-state index is -0.953. The van der Waals surface area contributed by atoms with Gasteiger partial charge in [-0.1, -0.05) is 0 Å². The van der Waals surface area contributed by atoms with Crippen molar-refractivity contribution in [1.29, 1.82) is 0 Å². The zero-order valence-electron chi connectivity index (χ0n) is 9.76. The van der Waals surface area contributed by atoms with Gasteiger partial charge in [-0.2, -0.15) is 0 Å². The Morgan fingerprint density at radius 2 is 2.05 bits per heavy atom. The maximum atomic E-state index is 11.5. The first-order chi connectivity index (χ1) is 8.90. The highest BCUT2D eigenvalue weighted by atomic mass is 79.9. The largest absolute Gasteiger partial charge is 0.481 e. The molecule has 1 aromatic carbocycles. The van der Waals surface area contributed by atoms with Gasteiger partial charge in [-0.05, 0) is 34.5 Å². The summed E-state index contributed by atoms with van der Waals surface area (Å²) in [6, 6.07) is 4.11. The molecule has 1 amide bonds. The van der Waals surface area contributed by atoms with Gasteiger partial charge in [-0.25, -0.2) is 0 Å². The Kier molecular flexibility index (Phi) is 5.43. The summed E-state index contributed by atoms with van der Waals surface area (Å²) in [5, 5.41) is 21.6. The molecule has 1 aromatic rings. The van der Waals surface area contributed by atoms with Crippen LogP contribution in [0.2, 0.25) is 0 Å². The molecule has 102 valence electrons. The first kappa shape index (κ1) is 15.1. The number of hydrogen-bond donors (Lipinski definition) is 2. The van der Waals surface area contributed by atoms with Crippen molar-refractivity contribution in [2.45, 2.75) is 19.3 Å². The van der Waals surface area contributed by atoms with E-state index in [-0.39, 0.29) is 35.3 Å². The van der Waals surface area contributed by atoms with Gasteiger partial charge < -0.3 is 10.4 Å². The summed E-state index contributed by atoms with van der Waals surface area (Å²) in [6.45, 7) is 0. The molecule has 8 heteroatoms. The van der Waals surface area contributed by atoms with Gasteiger partial charge in [-0.3, -0.25) is 19.7 Å². The summed E-state index contributed by atoms with van der Waals surface area (Å²) in [7, 11) is 0. The third-order valence-electron chi connectivity index (χ3n) is 2.22. The van der Waals surface area contributed by atoms with Gasteiger partial charge in [0.2, 0.25) is 5.91 Å². The van der Waals surface area contributed by atoms with Crippen LogP contribution in [0.15, 0.2) is 22.7 Å². The van der Waals surface area contributed by atoms with Crippen molar-refractivity contribution in [1.82, 2.24) is 0 Å². The lowest BCUT2D eigenvalue weighted by molar-refractivity contribution is -0.385. The molecule has 0 aliphatic carbocycles. The summed E-state index contributed by atoms with van der Waals surface area (Å²) < 4.78 is 0.265. The zero-order chi connectivity index (χ0) is 14.4. The Morgan fingerprint density at radius 1 is 1.37 bits per heavy atom. The van der Waals surface area contributed by atoms with Crippen molar-refractivity contribution in [2.24, 2.45) is 0 Å². The average molecular weight is 331 g/mol. The Bertz CT molecular complexity index is 518. The number of aliphatic carboxylic acids is 1. The number of nitro benzene ring substituents is 1. The molecule has 19 heavy (non-hydrogen) atoms. The van der Waals surface area contributed by atoms with Gasteiger partial charge >= 0.3 is 5.97 Å². The molecule has 0 aliphatic heterocycles. The van der Waals surface area contributed by atoms with Gasteiger partial charge in [0.25, 0.3) is 5.69 Å². The standard InChI is InChI=1S/C11H11BrN2O5/c12-8-6-7(4-5-9(8)14(18)19)13-10(15)2-1-3-11(16)17/h4-6H,1-3H2,(H,13,15)(H,16,17). The first-order valence-electron chi connectivity index (χ1n) is 5.35. The quantitative estimate of drug-likeness (QED) is 0.615. The second-order valence-corrected chi connectivity index (χ2v) is 4.57. The highest BCUT2D eigenvalue weighted by Crippen LogP contribution is 2.27. The van der Waals surface area contributed by atoms with Crippen LogP contribution in [0, 0.1) is 10.1 Å². The van der Waals surface area contributed by atoms with Crippen LogP contribution >= 0.6 is 15.9 Å². The van der Waals surface area contributed by atoms with Crippen LogP contribution in [0.1, 0.15) is 19.3 Å². The Morgan fingerprint density at radius 3 is 2.58 bits per heavy atom. The smallest absolute Gasteiger partial charge is 0.303 e. The van der Waals surface area contributed by atoms with Crippen molar-refractivity contribution in [3.05, 3.63) is 32.8 Å². The summed E-state index contributed by atoms with van der Waals surface area (Å²) in [6.07, 6.45) is 0.258. The molecule has 1 rings (SSSR count). The molecule has 0 heterocycles. The second-order valence-electron chi connectivity index (χ2n) is 3.72. The van der Waals surface area contributed by atoms with Crippen molar-refractivity contribution in [2.75, 3.05) is 5.32 Å².